The summed E-state index contributed by atoms with van der Waals surface area (Å²) in [6.07, 6.45) is 3.26. The van der Waals surface area contributed by atoms with Gasteiger partial charge in [0.15, 0.2) is 0 Å². The molecule has 2 amide bonds. The molecule has 2 unspecified atom stereocenters. The third kappa shape index (κ3) is 3.91. The third-order valence-corrected chi connectivity index (χ3v) is 7.44. The highest BCUT2D eigenvalue weighted by Crippen LogP contribution is 2.59. The summed E-state index contributed by atoms with van der Waals surface area (Å²) in [6, 6.07) is 6.11. The SMILES string of the molecule is C=CCN(C(=O)C1N(CCCCO)C(=O)[C@@H]2[C@H](C(=O)OCC)[C@@H]3CCC12O3)c1ccccc1Cl. The van der Waals surface area contributed by atoms with Gasteiger partial charge in [-0.2, -0.15) is 0 Å². The van der Waals surface area contributed by atoms with Gasteiger partial charge in [0.1, 0.15) is 11.6 Å². The van der Waals surface area contributed by atoms with Gasteiger partial charge in [-0.3, -0.25) is 14.4 Å². The van der Waals surface area contributed by atoms with E-state index in [1.54, 1.807) is 42.2 Å². The highest BCUT2D eigenvalue weighted by atomic mass is 35.5. The van der Waals surface area contributed by atoms with Crippen LogP contribution in [-0.4, -0.2) is 71.8 Å². The average molecular weight is 491 g/mol. The predicted molar refractivity (Wildman–Crippen MR) is 126 cm³/mol. The van der Waals surface area contributed by atoms with Gasteiger partial charge in [-0.1, -0.05) is 29.8 Å². The molecular formula is C25H31ClN2O6. The molecule has 4 rings (SSSR count). The van der Waals surface area contributed by atoms with E-state index in [-0.39, 0.29) is 38.1 Å². The van der Waals surface area contributed by atoms with E-state index >= 15 is 0 Å². The molecule has 3 fully saturated rings. The zero-order valence-electron chi connectivity index (χ0n) is 19.3. The fourth-order valence-electron chi connectivity index (χ4n) is 5.83. The van der Waals surface area contributed by atoms with Gasteiger partial charge in [0.05, 0.1) is 35.3 Å². The highest BCUT2D eigenvalue weighted by Gasteiger charge is 2.75. The first-order chi connectivity index (χ1) is 16.4. The summed E-state index contributed by atoms with van der Waals surface area (Å²) in [4.78, 5) is 43.8. The van der Waals surface area contributed by atoms with Crippen LogP contribution in [0.3, 0.4) is 0 Å². The molecule has 2 bridgehead atoms. The minimum absolute atomic E-state index is 0.0124. The molecule has 1 spiro atoms. The fraction of sp³-hybridized carbons (Fsp3) is 0.560. The lowest BCUT2D eigenvalue weighted by Gasteiger charge is -2.37. The van der Waals surface area contributed by atoms with Gasteiger partial charge < -0.3 is 24.4 Å². The molecular weight excluding hydrogens is 460 g/mol. The minimum atomic E-state index is -1.10. The number of unbranched alkanes of at least 4 members (excludes halogenated alkanes) is 1. The number of nitrogens with zero attached hydrogens (tertiary/aromatic N) is 2. The number of hydrogen-bond donors (Lipinski definition) is 1. The Morgan fingerprint density at radius 2 is 2.15 bits per heavy atom. The number of carbonyl (C=O) groups excluding carboxylic acids is 3. The lowest BCUT2D eigenvalue weighted by atomic mass is 9.70. The lowest BCUT2D eigenvalue weighted by molar-refractivity contribution is -0.154. The first kappa shape index (κ1) is 24.7. The molecule has 0 radical (unpaired) electrons. The van der Waals surface area contributed by atoms with Gasteiger partial charge in [-0.15, -0.1) is 6.58 Å². The summed E-state index contributed by atoms with van der Waals surface area (Å²) in [7, 11) is 0. The van der Waals surface area contributed by atoms with Crippen LogP contribution in [0.4, 0.5) is 5.69 Å². The Kier molecular flexibility index (Phi) is 7.31. The quantitative estimate of drug-likeness (QED) is 0.307. The molecule has 1 aromatic carbocycles. The molecule has 0 aromatic heterocycles. The lowest BCUT2D eigenvalue weighted by Crippen LogP contribution is -2.56. The molecule has 1 N–H and O–H groups in total. The van der Waals surface area contributed by atoms with E-state index in [1.165, 1.54) is 4.90 Å². The van der Waals surface area contributed by atoms with Crippen molar-refractivity contribution in [3.05, 3.63) is 41.9 Å². The third-order valence-electron chi connectivity index (χ3n) is 7.12. The summed E-state index contributed by atoms with van der Waals surface area (Å²) in [5.41, 5.74) is -0.581. The van der Waals surface area contributed by atoms with Crippen molar-refractivity contribution >= 4 is 35.1 Å². The van der Waals surface area contributed by atoms with E-state index in [4.69, 9.17) is 21.1 Å². The van der Waals surface area contributed by atoms with Crippen LogP contribution in [0.15, 0.2) is 36.9 Å². The topological polar surface area (TPSA) is 96.4 Å². The minimum Gasteiger partial charge on any atom is -0.466 e. The van der Waals surface area contributed by atoms with Gasteiger partial charge in [0.25, 0.3) is 5.91 Å². The van der Waals surface area contributed by atoms with Crippen molar-refractivity contribution in [2.75, 3.05) is 31.2 Å². The van der Waals surface area contributed by atoms with Crippen molar-refractivity contribution in [2.45, 2.75) is 50.4 Å². The Labute approximate surface area is 204 Å². The molecule has 3 saturated heterocycles. The molecule has 3 aliphatic rings. The highest BCUT2D eigenvalue weighted by molar-refractivity contribution is 6.34. The molecule has 34 heavy (non-hydrogen) atoms. The number of likely N-dealkylation sites (tertiary alicyclic amines) is 1. The Bertz CT molecular complexity index is 970. The summed E-state index contributed by atoms with van der Waals surface area (Å²) in [6.45, 7) is 6.19. The Hall–Kier alpha value is -2.42. The van der Waals surface area contributed by atoms with E-state index in [1.807, 2.05) is 0 Å². The number of carbonyl (C=O) groups is 3. The fourth-order valence-corrected chi connectivity index (χ4v) is 6.07. The first-order valence-electron chi connectivity index (χ1n) is 11.8. The van der Waals surface area contributed by atoms with Crippen LogP contribution in [-0.2, 0) is 23.9 Å². The van der Waals surface area contributed by atoms with Crippen LogP contribution in [0.25, 0.3) is 0 Å². The normalized spacial score (nSPS) is 29.3. The first-order valence-corrected chi connectivity index (χ1v) is 12.2. The van der Waals surface area contributed by atoms with Crippen LogP contribution in [0.2, 0.25) is 5.02 Å². The zero-order chi connectivity index (χ0) is 24.5. The van der Waals surface area contributed by atoms with E-state index < -0.39 is 35.6 Å². The number of amides is 2. The number of anilines is 1. The van der Waals surface area contributed by atoms with Crippen LogP contribution in [0, 0.1) is 11.8 Å². The molecule has 184 valence electrons. The van der Waals surface area contributed by atoms with E-state index in [9.17, 15) is 19.5 Å². The van der Waals surface area contributed by atoms with Crippen molar-refractivity contribution in [1.82, 2.24) is 4.90 Å². The number of fused-ring (bicyclic) bond motifs is 1. The summed E-state index contributed by atoms with van der Waals surface area (Å²) >= 11 is 6.43. The standard InChI is InChI=1S/C25H31ClN2O6/c1-3-13-27(17-10-6-5-9-16(17)26)23(31)21-25-12-11-18(34-25)19(24(32)33-4-2)20(25)22(30)28(21)14-7-8-15-29/h3,5-6,9-10,18-21,29H,1,4,7-8,11-15H2,2H3/t18-,19+,20-,21?,25?/m0/s1. The summed E-state index contributed by atoms with van der Waals surface area (Å²) in [5.74, 6) is -2.55. The molecule has 3 heterocycles. The van der Waals surface area contributed by atoms with Gasteiger partial charge >= 0.3 is 5.97 Å². The molecule has 1 aromatic rings. The second-order valence-corrected chi connectivity index (χ2v) is 9.37. The number of aliphatic hydroxyl groups excluding tert-OH is 1. The number of benzene rings is 1. The van der Waals surface area contributed by atoms with Gasteiger partial charge in [-0.25, -0.2) is 0 Å². The molecule has 9 heteroatoms. The molecule has 8 nitrogen and oxygen atoms in total. The van der Waals surface area contributed by atoms with Gasteiger partial charge in [0, 0.05) is 19.7 Å². The number of hydrogen-bond acceptors (Lipinski definition) is 6. The second-order valence-electron chi connectivity index (χ2n) is 8.96. The van der Waals surface area contributed by atoms with E-state index in [2.05, 4.69) is 6.58 Å². The molecule has 0 aliphatic carbocycles. The molecule has 0 saturated carbocycles. The second kappa shape index (κ2) is 10.1. The number of esters is 1. The van der Waals surface area contributed by atoms with Crippen LogP contribution in [0.1, 0.15) is 32.6 Å². The van der Waals surface area contributed by atoms with Crippen LogP contribution >= 0.6 is 11.6 Å². The average Bonchev–Trinajstić information content (AvgIpc) is 3.46. The summed E-state index contributed by atoms with van der Waals surface area (Å²) in [5, 5.41) is 9.67. The maximum Gasteiger partial charge on any atom is 0.312 e. The zero-order valence-corrected chi connectivity index (χ0v) is 20.1. The Morgan fingerprint density at radius 1 is 1.38 bits per heavy atom. The number of ether oxygens (including phenoxy) is 2. The molecule has 3 aliphatic heterocycles. The van der Waals surface area contributed by atoms with Crippen LogP contribution in [0.5, 0.6) is 0 Å². The van der Waals surface area contributed by atoms with Gasteiger partial charge in [-0.05, 0) is 44.7 Å². The number of aliphatic hydroxyl groups is 1. The van der Waals surface area contributed by atoms with E-state index in [0.29, 0.717) is 36.4 Å². The number of para-hydroxylation sites is 1. The number of rotatable bonds is 10. The van der Waals surface area contributed by atoms with Gasteiger partial charge in [0.2, 0.25) is 5.91 Å². The van der Waals surface area contributed by atoms with Crippen molar-refractivity contribution in [2.24, 2.45) is 11.8 Å². The Morgan fingerprint density at radius 3 is 2.82 bits per heavy atom. The van der Waals surface area contributed by atoms with Crippen molar-refractivity contribution < 1.29 is 29.0 Å². The van der Waals surface area contributed by atoms with E-state index in [0.717, 1.165) is 0 Å². The smallest absolute Gasteiger partial charge is 0.312 e. The molecule has 5 atom stereocenters. The van der Waals surface area contributed by atoms with Crippen molar-refractivity contribution in [3.8, 4) is 0 Å². The largest absolute Gasteiger partial charge is 0.466 e. The Balaban J connectivity index is 1.76. The monoisotopic (exact) mass is 490 g/mol. The maximum absolute atomic E-state index is 14.2. The maximum atomic E-state index is 14.2. The van der Waals surface area contributed by atoms with Crippen molar-refractivity contribution in [1.29, 1.82) is 0 Å². The van der Waals surface area contributed by atoms with Crippen LogP contribution < -0.4 is 4.90 Å². The summed E-state index contributed by atoms with van der Waals surface area (Å²) < 4.78 is 11.7. The number of halogens is 1. The predicted octanol–water partition coefficient (Wildman–Crippen LogP) is 2.57. The van der Waals surface area contributed by atoms with Crippen molar-refractivity contribution in [3.63, 3.8) is 0 Å².